The molecule has 150 valence electrons. The molecule has 7 nitrogen and oxygen atoms in total. The van der Waals surface area contributed by atoms with E-state index in [-0.39, 0.29) is 30.5 Å². The van der Waals surface area contributed by atoms with E-state index in [1.807, 2.05) is 12.1 Å². The summed E-state index contributed by atoms with van der Waals surface area (Å²) >= 11 is 0. The molecule has 0 spiro atoms. The first-order valence-electron chi connectivity index (χ1n) is 9.24. The highest BCUT2D eigenvalue weighted by atomic mass is 35.5. The molecule has 1 aromatic rings. The Hall–Kier alpha value is -1.54. The Bertz CT molecular complexity index is 672. The van der Waals surface area contributed by atoms with Crippen LogP contribution in [0.5, 0.6) is 11.5 Å². The van der Waals surface area contributed by atoms with Gasteiger partial charge in [-0.25, -0.2) is 0 Å². The Morgan fingerprint density at radius 3 is 2.33 bits per heavy atom. The van der Waals surface area contributed by atoms with Gasteiger partial charge in [0, 0.05) is 38.4 Å². The van der Waals surface area contributed by atoms with Crippen LogP contribution in [-0.2, 0) is 19.7 Å². The number of hydrogen-bond donors (Lipinski definition) is 2. The summed E-state index contributed by atoms with van der Waals surface area (Å²) in [6, 6.07) is 6.05. The fourth-order valence-electron chi connectivity index (χ4n) is 3.94. The molecule has 0 atom stereocenters. The van der Waals surface area contributed by atoms with E-state index < -0.39 is 5.54 Å². The van der Waals surface area contributed by atoms with E-state index in [9.17, 15) is 4.79 Å². The Morgan fingerprint density at radius 2 is 1.63 bits per heavy atom. The first-order valence-corrected chi connectivity index (χ1v) is 9.24. The molecule has 2 fully saturated rings. The molecular formula is C19H27ClN2O5. The number of fused-ring (bicyclic) bond motifs is 1. The van der Waals surface area contributed by atoms with E-state index in [1.54, 1.807) is 0 Å². The van der Waals surface area contributed by atoms with Gasteiger partial charge in [-0.2, -0.15) is 0 Å². The molecule has 0 saturated carbocycles. The maximum Gasteiger partial charge on any atom is 0.240 e. The highest BCUT2D eigenvalue weighted by Crippen LogP contribution is 2.40. The fourth-order valence-corrected chi connectivity index (χ4v) is 3.94. The van der Waals surface area contributed by atoms with E-state index in [4.69, 9.17) is 24.7 Å². The van der Waals surface area contributed by atoms with Gasteiger partial charge in [-0.1, -0.05) is 6.07 Å². The molecule has 3 N–H and O–H groups in total. The lowest BCUT2D eigenvalue weighted by atomic mass is 9.73. The zero-order valence-corrected chi connectivity index (χ0v) is 16.1. The first kappa shape index (κ1) is 20.2. The maximum atomic E-state index is 12.8. The summed E-state index contributed by atoms with van der Waals surface area (Å²) in [4.78, 5) is 12.8. The van der Waals surface area contributed by atoms with Gasteiger partial charge in [-0.3, -0.25) is 4.79 Å². The fraction of sp³-hybridized carbons (Fsp3) is 0.632. The van der Waals surface area contributed by atoms with Crippen LogP contribution in [0.15, 0.2) is 18.2 Å². The normalized spacial score (nSPS) is 22.6. The third-order valence-electron chi connectivity index (χ3n) is 5.86. The summed E-state index contributed by atoms with van der Waals surface area (Å²) in [5.41, 5.74) is 6.44. The minimum absolute atomic E-state index is 0. The third kappa shape index (κ3) is 4.01. The van der Waals surface area contributed by atoms with Crippen LogP contribution in [0.4, 0.5) is 0 Å². The molecule has 0 unspecified atom stereocenters. The number of carbonyl (C=O) groups excluding carboxylic acids is 1. The number of nitrogens with two attached hydrogens (primary N) is 1. The zero-order valence-electron chi connectivity index (χ0n) is 15.3. The Labute approximate surface area is 165 Å². The molecule has 3 aliphatic rings. The van der Waals surface area contributed by atoms with Crippen LogP contribution in [0.1, 0.15) is 31.2 Å². The van der Waals surface area contributed by atoms with Gasteiger partial charge in [0.2, 0.25) is 12.7 Å². The molecule has 1 amide bonds. The van der Waals surface area contributed by atoms with E-state index in [0.717, 1.165) is 29.9 Å². The number of hydrogen-bond acceptors (Lipinski definition) is 6. The van der Waals surface area contributed by atoms with Crippen LogP contribution in [-0.4, -0.2) is 51.2 Å². The van der Waals surface area contributed by atoms with Crippen molar-refractivity contribution in [3.63, 3.8) is 0 Å². The molecule has 0 aliphatic carbocycles. The minimum Gasteiger partial charge on any atom is -0.454 e. The number of halogens is 1. The Balaban J connectivity index is 0.00000210. The Morgan fingerprint density at radius 1 is 1.00 bits per heavy atom. The summed E-state index contributed by atoms with van der Waals surface area (Å²) in [5, 5.41) is 3.12. The number of nitrogens with one attached hydrogen (secondary N) is 1. The average Bonchev–Trinajstić information content (AvgIpc) is 3.15. The molecule has 27 heavy (non-hydrogen) atoms. The summed E-state index contributed by atoms with van der Waals surface area (Å²) in [6.07, 6.45) is 2.79. The second-order valence-electron chi connectivity index (χ2n) is 7.41. The van der Waals surface area contributed by atoms with Crippen LogP contribution in [0, 0.1) is 0 Å². The van der Waals surface area contributed by atoms with Crippen molar-refractivity contribution in [1.29, 1.82) is 0 Å². The van der Waals surface area contributed by atoms with E-state index in [2.05, 4.69) is 11.4 Å². The number of rotatable bonds is 4. The highest BCUT2D eigenvalue weighted by Gasteiger charge is 2.40. The summed E-state index contributed by atoms with van der Waals surface area (Å²) in [5.74, 6) is 1.44. The lowest BCUT2D eigenvalue weighted by Crippen LogP contribution is -2.59. The van der Waals surface area contributed by atoms with E-state index >= 15 is 0 Å². The van der Waals surface area contributed by atoms with Crippen molar-refractivity contribution in [3.05, 3.63) is 23.8 Å². The van der Waals surface area contributed by atoms with Crippen LogP contribution < -0.4 is 20.5 Å². The second-order valence-corrected chi connectivity index (χ2v) is 7.41. The molecule has 4 rings (SSSR count). The van der Waals surface area contributed by atoms with E-state index in [0.29, 0.717) is 45.8 Å². The lowest BCUT2D eigenvalue weighted by Gasteiger charge is -2.39. The van der Waals surface area contributed by atoms with Crippen molar-refractivity contribution < 1.29 is 23.7 Å². The molecule has 0 radical (unpaired) electrons. The van der Waals surface area contributed by atoms with Gasteiger partial charge in [0.1, 0.15) is 0 Å². The van der Waals surface area contributed by atoms with Gasteiger partial charge < -0.3 is 30.0 Å². The molecule has 2 saturated heterocycles. The predicted octanol–water partition coefficient (Wildman–Crippen LogP) is 1.51. The second kappa shape index (κ2) is 8.22. The van der Waals surface area contributed by atoms with Crippen LogP contribution in [0.25, 0.3) is 0 Å². The van der Waals surface area contributed by atoms with Gasteiger partial charge in [-0.15, -0.1) is 12.4 Å². The van der Waals surface area contributed by atoms with Crippen molar-refractivity contribution in [2.24, 2.45) is 5.73 Å². The van der Waals surface area contributed by atoms with Crippen LogP contribution in [0.3, 0.4) is 0 Å². The molecule has 3 heterocycles. The molecule has 1 aromatic carbocycles. The molecule has 0 aromatic heterocycles. The van der Waals surface area contributed by atoms with Crippen molar-refractivity contribution in [2.45, 2.75) is 36.6 Å². The first-order chi connectivity index (χ1) is 12.6. The standard InChI is InChI=1S/C19H26N2O5.ClH/c20-19(5-9-24-10-6-19)17(22)21-12-18(3-7-23-8-4-18)14-1-2-15-16(11-14)26-13-25-15;/h1-2,11H,3-10,12-13,20H2,(H,21,22);1H. The van der Waals surface area contributed by atoms with E-state index in [1.165, 1.54) is 0 Å². The molecule has 3 aliphatic heterocycles. The number of amides is 1. The smallest absolute Gasteiger partial charge is 0.240 e. The van der Waals surface area contributed by atoms with Crippen LogP contribution in [0.2, 0.25) is 0 Å². The SMILES string of the molecule is Cl.NC1(C(=O)NCC2(c3ccc4c(c3)OCO4)CCOCC2)CCOCC1. The van der Waals surface area contributed by atoms with Crippen LogP contribution >= 0.6 is 12.4 Å². The zero-order chi connectivity index (χ0) is 18.0. The minimum atomic E-state index is -0.834. The molecule has 8 heteroatoms. The molecular weight excluding hydrogens is 372 g/mol. The Kier molecular flexibility index (Phi) is 6.15. The van der Waals surface area contributed by atoms with Gasteiger partial charge in [-0.05, 0) is 43.4 Å². The average molecular weight is 399 g/mol. The van der Waals surface area contributed by atoms with Gasteiger partial charge >= 0.3 is 0 Å². The summed E-state index contributed by atoms with van der Waals surface area (Å²) in [6.45, 7) is 3.20. The monoisotopic (exact) mass is 398 g/mol. The highest BCUT2D eigenvalue weighted by molar-refractivity contribution is 5.86. The lowest BCUT2D eigenvalue weighted by molar-refractivity contribution is -0.130. The maximum absolute atomic E-state index is 12.8. The predicted molar refractivity (Wildman–Crippen MR) is 102 cm³/mol. The van der Waals surface area contributed by atoms with Crippen molar-refractivity contribution in [2.75, 3.05) is 39.8 Å². The largest absolute Gasteiger partial charge is 0.454 e. The number of benzene rings is 1. The number of carbonyl (C=O) groups is 1. The summed E-state index contributed by atoms with van der Waals surface area (Å²) in [7, 11) is 0. The summed E-state index contributed by atoms with van der Waals surface area (Å²) < 4.78 is 21.9. The van der Waals surface area contributed by atoms with Gasteiger partial charge in [0.25, 0.3) is 0 Å². The third-order valence-corrected chi connectivity index (χ3v) is 5.86. The topological polar surface area (TPSA) is 92.0 Å². The van der Waals surface area contributed by atoms with Crippen molar-refractivity contribution in [1.82, 2.24) is 5.32 Å². The molecule has 0 bridgehead atoms. The quantitative estimate of drug-likeness (QED) is 0.798. The van der Waals surface area contributed by atoms with Gasteiger partial charge in [0.05, 0.1) is 5.54 Å². The van der Waals surface area contributed by atoms with Crippen molar-refractivity contribution in [3.8, 4) is 11.5 Å². The van der Waals surface area contributed by atoms with Crippen molar-refractivity contribution >= 4 is 18.3 Å². The number of ether oxygens (including phenoxy) is 4. The van der Waals surface area contributed by atoms with Gasteiger partial charge in [0.15, 0.2) is 11.5 Å².